The predicted molar refractivity (Wildman–Crippen MR) is 84.9 cm³/mol. The van der Waals surface area contributed by atoms with Crippen LogP contribution >= 0.6 is 0 Å². The lowest BCUT2D eigenvalue weighted by atomic mass is 9.93. The van der Waals surface area contributed by atoms with E-state index in [4.69, 9.17) is 0 Å². The lowest BCUT2D eigenvalue weighted by Crippen LogP contribution is -2.38. The first kappa shape index (κ1) is 14.4. The standard InChI is InChI=1S/C18H29N/c1-15(2)13-14-19(17-7-5-4-6-8-17)18-11-9-16(3)10-12-18/h9-12,15,17H,4-8,13-14H2,1-3H3. The predicted octanol–water partition coefficient (Wildman–Crippen LogP) is 5.18. The molecule has 0 spiro atoms. The topological polar surface area (TPSA) is 3.24 Å². The van der Waals surface area contributed by atoms with E-state index in [0.717, 1.165) is 12.0 Å². The summed E-state index contributed by atoms with van der Waals surface area (Å²) >= 11 is 0. The van der Waals surface area contributed by atoms with Gasteiger partial charge in [-0.05, 0) is 44.2 Å². The van der Waals surface area contributed by atoms with Gasteiger partial charge < -0.3 is 4.90 Å². The summed E-state index contributed by atoms with van der Waals surface area (Å²) in [6, 6.07) is 9.89. The van der Waals surface area contributed by atoms with Crippen LogP contribution in [0.1, 0.15) is 57.9 Å². The van der Waals surface area contributed by atoms with Crippen molar-refractivity contribution in [2.45, 2.75) is 65.3 Å². The van der Waals surface area contributed by atoms with Crippen LogP contribution in [0.4, 0.5) is 5.69 Å². The zero-order valence-corrected chi connectivity index (χ0v) is 12.9. The van der Waals surface area contributed by atoms with Crippen molar-refractivity contribution in [2.24, 2.45) is 5.92 Å². The minimum Gasteiger partial charge on any atom is -0.369 e. The van der Waals surface area contributed by atoms with E-state index in [-0.39, 0.29) is 0 Å². The number of nitrogens with zero attached hydrogens (tertiary/aromatic N) is 1. The van der Waals surface area contributed by atoms with Gasteiger partial charge in [0.1, 0.15) is 0 Å². The summed E-state index contributed by atoms with van der Waals surface area (Å²) in [5, 5.41) is 0. The van der Waals surface area contributed by atoms with Gasteiger partial charge in [-0.3, -0.25) is 0 Å². The molecule has 1 aromatic carbocycles. The van der Waals surface area contributed by atoms with Crippen LogP contribution < -0.4 is 4.90 Å². The van der Waals surface area contributed by atoms with Gasteiger partial charge in [-0.15, -0.1) is 0 Å². The number of hydrogen-bond donors (Lipinski definition) is 0. The van der Waals surface area contributed by atoms with Gasteiger partial charge in [0.2, 0.25) is 0 Å². The molecule has 106 valence electrons. The molecule has 0 saturated heterocycles. The maximum atomic E-state index is 2.68. The molecule has 1 aliphatic rings. The average molecular weight is 259 g/mol. The highest BCUT2D eigenvalue weighted by atomic mass is 15.2. The summed E-state index contributed by atoms with van der Waals surface area (Å²) in [6.45, 7) is 8.04. The second-order valence-corrected chi connectivity index (χ2v) is 6.50. The van der Waals surface area contributed by atoms with Crippen LogP contribution in [-0.4, -0.2) is 12.6 Å². The molecule has 0 bridgehead atoms. The van der Waals surface area contributed by atoms with E-state index in [1.807, 2.05) is 0 Å². The van der Waals surface area contributed by atoms with Crippen LogP contribution in [0, 0.1) is 12.8 Å². The SMILES string of the molecule is Cc1ccc(N(CCC(C)C)C2CCCCC2)cc1. The van der Waals surface area contributed by atoms with Crippen LogP contribution in [0.3, 0.4) is 0 Å². The number of aryl methyl sites for hydroxylation is 1. The van der Waals surface area contributed by atoms with Crippen molar-refractivity contribution in [1.29, 1.82) is 0 Å². The second-order valence-electron chi connectivity index (χ2n) is 6.50. The van der Waals surface area contributed by atoms with Gasteiger partial charge in [0.05, 0.1) is 0 Å². The average Bonchev–Trinajstić information content (AvgIpc) is 2.42. The van der Waals surface area contributed by atoms with Crippen molar-refractivity contribution in [3.05, 3.63) is 29.8 Å². The Kier molecular flexibility index (Phi) is 5.30. The summed E-state index contributed by atoms with van der Waals surface area (Å²) in [5.41, 5.74) is 2.79. The van der Waals surface area contributed by atoms with Crippen LogP contribution in [-0.2, 0) is 0 Å². The smallest absolute Gasteiger partial charge is 0.0368 e. The third-order valence-corrected chi connectivity index (χ3v) is 4.33. The molecule has 0 aromatic heterocycles. The molecule has 0 heterocycles. The monoisotopic (exact) mass is 259 g/mol. The van der Waals surface area contributed by atoms with Crippen LogP contribution in [0.2, 0.25) is 0 Å². The van der Waals surface area contributed by atoms with Crippen molar-refractivity contribution in [2.75, 3.05) is 11.4 Å². The van der Waals surface area contributed by atoms with E-state index in [1.54, 1.807) is 0 Å². The molecule has 0 N–H and O–H groups in total. The summed E-state index contributed by atoms with van der Waals surface area (Å²) in [5.74, 6) is 0.788. The first-order valence-electron chi connectivity index (χ1n) is 8.00. The highest BCUT2D eigenvalue weighted by Crippen LogP contribution is 2.28. The molecular weight excluding hydrogens is 230 g/mol. The molecule has 0 aliphatic heterocycles. The summed E-state index contributed by atoms with van der Waals surface area (Å²) in [6.07, 6.45) is 8.31. The van der Waals surface area contributed by atoms with E-state index in [0.29, 0.717) is 0 Å². The number of rotatable bonds is 5. The Bertz CT molecular complexity index is 360. The summed E-state index contributed by atoms with van der Waals surface area (Å²) in [7, 11) is 0. The fourth-order valence-electron chi connectivity index (χ4n) is 3.05. The van der Waals surface area contributed by atoms with Gasteiger partial charge in [-0.25, -0.2) is 0 Å². The van der Waals surface area contributed by atoms with Gasteiger partial charge in [-0.2, -0.15) is 0 Å². The highest BCUT2D eigenvalue weighted by molar-refractivity contribution is 5.48. The fourth-order valence-corrected chi connectivity index (χ4v) is 3.05. The van der Waals surface area contributed by atoms with Crippen LogP contribution in [0.25, 0.3) is 0 Å². The molecule has 1 nitrogen and oxygen atoms in total. The highest BCUT2D eigenvalue weighted by Gasteiger charge is 2.21. The largest absolute Gasteiger partial charge is 0.369 e. The van der Waals surface area contributed by atoms with Gasteiger partial charge in [0.25, 0.3) is 0 Å². The molecule has 1 heteroatoms. The minimum absolute atomic E-state index is 0.773. The lowest BCUT2D eigenvalue weighted by Gasteiger charge is -2.36. The number of hydrogen-bond acceptors (Lipinski definition) is 1. The second kappa shape index (κ2) is 6.98. The van der Waals surface area contributed by atoms with E-state index in [2.05, 4.69) is 49.9 Å². The van der Waals surface area contributed by atoms with Gasteiger partial charge in [0.15, 0.2) is 0 Å². The Morgan fingerprint density at radius 2 is 1.68 bits per heavy atom. The first-order chi connectivity index (χ1) is 9.16. The molecule has 1 aliphatic carbocycles. The van der Waals surface area contributed by atoms with Gasteiger partial charge in [0, 0.05) is 18.3 Å². The molecule has 0 amide bonds. The van der Waals surface area contributed by atoms with Gasteiger partial charge >= 0.3 is 0 Å². The molecule has 19 heavy (non-hydrogen) atoms. The van der Waals surface area contributed by atoms with E-state index in [1.165, 1.54) is 56.3 Å². The molecule has 1 aromatic rings. The Balaban J connectivity index is 2.10. The lowest BCUT2D eigenvalue weighted by molar-refractivity contribution is 0.405. The number of benzene rings is 1. The van der Waals surface area contributed by atoms with Crippen molar-refractivity contribution in [1.82, 2.24) is 0 Å². The first-order valence-corrected chi connectivity index (χ1v) is 8.00. The van der Waals surface area contributed by atoms with Crippen molar-refractivity contribution < 1.29 is 0 Å². The summed E-state index contributed by atoms with van der Waals surface area (Å²) in [4.78, 5) is 2.68. The van der Waals surface area contributed by atoms with Gasteiger partial charge in [-0.1, -0.05) is 50.8 Å². The van der Waals surface area contributed by atoms with Crippen molar-refractivity contribution in [3.8, 4) is 0 Å². The fraction of sp³-hybridized carbons (Fsp3) is 0.667. The quantitative estimate of drug-likeness (QED) is 0.704. The molecule has 1 saturated carbocycles. The zero-order valence-electron chi connectivity index (χ0n) is 12.9. The molecule has 1 fully saturated rings. The molecule has 0 atom stereocenters. The summed E-state index contributed by atoms with van der Waals surface area (Å²) < 4.78 is 0. The third-order valence-electron chi connectivity index (χ3n) is 4.33. The van der Waals surface area contributed by atoms with Crippen LogP contribution in [0.15, 0.2) is 24.3 Å². The van der Waals surface area contributed by atoms with Crippen LogP contribution in [0.5, 0.6) is 0 Å². The normalized spacial score (nSPS) is 16.8. The maximum Gasteiger partial charge on any atom is 0.0368 e. The van der Waals surface area contributed by atoms with E-state index < -0.39 is 0 Å². The Morgan fingerprint density at radius 1 is 1.05 bits per heavy atom. The minimum atomic E-state index is 0.773. The third kappa shape index (κ3) is 4.26. The Hall–Kier alpha value is -0.980. The van der Waals surface area contributed by atoms with Crippen molar-refractivity contribution >= 4 is 5.69 Å². The maximum absolute atomic E-state index is 2.68. The van der Waals surface area contributed by atoms with E-state index >= 15 is 0 Å². The number of anilines is 1. The Morgan fingerprint density at radius 3 is 2.26 bits per heavy atom. The van der Waals surface area contributed by atoms with Crippen molar-refractivity contribution in [3.63, 3.8) is 0 Å². The Labute approximate surface area is 119 Å². The molecule has 0 radical (unpaired) electrons. The van der Waals surface area contributed by atoms with E-state index in [9.17, 15) is 0 Å². The zero-order chi connectivity index (χ0) is 13.7. The molecule has 2 rings (SSSR count). The molecular formula is C18H29N. The molecule has 0 unspecified atom stereocenters.